The zero-order valence-corrected chi connectivity index (χ0v) is 10.1. The van der Waals surface area contributed by atoms with Crippen molar-refractivity contribution in [2.75, 3.05) is 19.6 Å². The molecule has 0 saturated carbocycles. The van der Waals surface area contributed by atoms with E-state index in [1.54, 1.807) is 0 Å². The Morgan fingerprint density at radius 2 is 2.17 bits per heavy atom. The lowest BCUT2D eigenvalue weighted by Gasteiger charge is -2.32. The van der Waals surface area contributed by atoms with Gasteiger partial charge in [0.05, 0.1) is 6.54 Å². The average Bonchev–Trinajstić information content (AvgIpc) is 2.33. The third-order valence-electron chi connectivity index (χ3n) is 2.98. The van der Waals surface area contributed by atoms with Gasteiger partial charge in [0.2, 0.25) is 0 Å². The number of halogens is 2. The molecule has 0 aromatic rings. The van der Waals surface area contributed by atoms with Crippen LogP contribution in [0.15, 0.2) is 0 Å². The molecule has 0 radical (unpaired) electrons. The second kappa shape index (κ2) is 7.13. The van der Waals surface area contributed by atoms with E-state index in [0.29, 0.717) is 19.5 Å². The molecule has 1 fully saturated rings. The molecule has 0 aliphatic carbocycles. The van der Waals surface area contributed by atoms with Crippen LogP contribution in [0.4, 0.5) is 13.6 Å². The highest BCUT2D eigenvalue weighted by Crippen LogP contribution is 2.20. The number of alkyl halides is 2. The number of urea groups is 1. The van der Waals surface area contributed by atoms with E-state index in [1.807, 2.05) is 0 Å². The van der Waals surface area contributed by atoms with Crippen molar-refractivity contribution in [1.82, 2.24) is 10.2 Å². The summed E-state index contributed by atoms with van der Waals surface area (Å²) in [5.74, 6) is -0.707. The maximum absolute atomic E-state index is 12.0. The summed E-state index contributed by atoms with van der Waals surface area (Å²) >= 11 is 0. The van der Waals surface area contributed by atoms with Gasteiger partial charge in [-0.25, -0.2) is 13.6 Å². The van der Waals surface area contributed by atoms with Crippen LogP contribution < -0.4 is 5.32 Å². The SMILES string of the molecule is O=C(O)CCC1CCCN(C(=O)NCC(F)F)C1. The molecule has 1 atom stereocenters. The average molecular weight is 264 g/mol. The largest absolute Gasteiger partial charge is 0.481 e. The molecule has 1 unspecified atom stereocenters. The van der Waals surface area contributed by atoms with Crippen molar-refractivity contribution >= 4 is 12.0 Å². The van der Waals surface area contributed by atoms with Crippen LogP contribution in [0.5, 0.6) is 0 Å². The van der Waals surface area contributed by atoms with Crippen LogP contribution in [0.25, 0.3) is 0 Å². The highest BCUT2D eigenvalue weighted by atomic mass is 19.3. The zero-order valence-electron chi connectivity index (χ0n) is 10.1. The lowest BCUT2D eigenvalue weighted by Crippen LogP contribution is -2.46. The summed E-state index contributed by atoms with van der Waals surface area (Å²) in [5, 5.41) is 10.7. The molecule has 1 aliphatic rings. The maximum Gasteiger partial charge on any atom is 0.317 e. The van der Waals surface area contributed by atoms with Crippen LogP contribution in [0.3, 0.4) is 0 Å². The van der Waals surface area contributed by atoms with Crippen molar-refractivity contribution in [3.05, 3.63) is 0 Å². The number of nitrogens with zero attached hydrogens (tertiary/aromatic N) is 1. The Hall–Kier alpha value is -1.40. The van der Waals surface area contributed by atoms with E-state index in [1.165, 1.54) is 4.90 Å². The summed E-state index contributed by atoms with van der Waals surface area (Å²) in [5.41, 5.74) is 0. The number of carbonyl (C=O) groups excluding carboxylic acids is 1. The maximum atomic E-state index is 12.0. The van der Waals surface area contributed by atoms with E-state index >= 15 is 0 Å². The number of amides is 2. The van der Waals surface area contributed by atoms with Crippen LogP contribution in [0.2, 0.25) is 0 Å². The first-order valence-electron chi connectivity index (χ1n) is 6.01. The molecule has 1 saturated heterocycles. The molecule has 1 aliphatic heterocycles. The van der Waals surface area contributed by atoms with Gasteiger partial charge < -0.3 is 15.3 Å². The first-order chi connectivity index (χ1) is 8.49. The molecule has 1 heterocycles. The number of carbonyl (C=O) groups is 2. The molecule has 0 bridgehead atoms. The molecular formula is C11H18F2N2O3. The number of carboxylic acid groups (broad SMARTS) is 1. The monoisotopic (exact) mass is 264 g/mol. The Bertz CT molecular complexity index is 300. The number of piperidine rings is 1. The van der Waals surface area contributed by atoms with Gasteiger partial charge in [-0.15, -0.1) is 0 Å². The van der Waals surface area contributed by atoms with Gasteiger partial charge in [0, 0.05) is 19.5 Å². The topological polar surface area (TPSA) is 69.6 Å². The molecule has 18 heavy (non-hydrogen) atoms. The Kier molecular flexibility index (Phi) is 5.80. The summed E-state index contributed by atoms with van der Waals surface area (Å²) in [6, 6.07) is -0.490. The standard InChI is InChI=1S/C11H18F2N2O3/c12-9(13)6-14-11(18)15-5-1-2-8(7-15)3-4-10(16)17/h8-9H,1-7H2,(H,14,18)(H,16,17). The Morgan fingerprint density at radius 3 is 2.78 bits per heavy atom. The van der Waals surface area contributed by atoms with Crippen LogP contribution in [-0.2, 0) is 4.79 Å². The Balaban J connectivity index is 2.33. The molecule has 5 nitrogen and oxygen atoms in total. The fourth-order valence-corrected chi connectivity index (χ4v) is 2.09. The number of hydrogen-bond donors (Lipinski definition) is 2. The summed E-state index contributed by atoms with van der Waals surface area (Å²) in [6.07, 6.45) is -0.287. The summed E-state index contributed by atoms with van der Waals surface area (Å²) < 4.78 is 23.9. The zero-order chi connectivity index (χ0) is 13.5. The van der Waals surface area contributed by atoms with Crippen LogP contribution >= 0.6 is 0 Å². The molecule has 2 N–H and O–H groups in total. The lowest BCUT2D eigenvalue weighted by molar-refractivity contribution is -0.137. The van der Waals surface area contributed by atoms with E-state index in [2.05, 4.69) is 5.32 Å². The van der Waals surface area contributed by atoms with Gasteiger partial charge in [-0.05, 0) is 25.2 Å². The van der Waals surface area contributed by atoms with E-state index in [-0.39, 0.29) is 12.3 Å². The number of carboxylic acids is 1. The second-order valence-electron chi connectivity index (χ2n) is 4.46. The number of hydrogen-bond acceptors (Lipinski definition) is 2. The fourth-order valence-electron chi connectivity index (χ4n) is 2.09. The van der Waals surface area contributed by atoms with E-state index in [9.17, 15) is 18.4 Å². The van der Waals surface area contributed by atoms with Crippen molar-refractivity contribution < 1.29 is 23.5 Å². The van der Waals surface area contributed by atoms with Crippen molar-refractivity contribution in [2.24, 2.45) is 5.92 Å². The lowest BCUT2D eigenvalue weighted by atomic mass is 9.93. The third-order valence-corrected chi connectivity index (χ3v) is 2.98. The van der Waals surface area contributed by atoms with Crippen molar-refractivity contribution in [1.29, 1.82) is 0 Å². The minimum absolute atomic E-state index is 0.0805. The molecular weight excluding hydrogens is 246 g/mol. The normalized spacial score (nSPS) is 19.9. The quantitative estimate of drug-likeness (QED) is 0.791. The smallest absolute Gasteiger partial charge is 0.317 e. The predicted molar refractivity (Wildman–Crippen MR) is 60.6 cm³/mol. The molecule has 0 spiro atoms. The molecule has 7 heteroatoms. The highest BCUT2D eigenvalue weighted by Gasteiger charge is 2.24. The van der Waals surface area contributed by atoms with Crippen molar-refractivity contribution in [2.45, 2.75) is 32.1 Å². The summed E-state index contributed by atoms with van der Waals surface area (Å²) in [4.78, 5) is 23.5. The number of likely N-dealkylation sites (tertiary alicyclic amines) is 1. The van der Waals surface area contributed by atoms with Gasteiger partial charge >= 0.3 is 12.0 Å². The fraction of sp³-hybridized carbons (Fsp3) is 0.818. The van der Waals surface area contributed by atoms with Gasteiger partial charge in [0.25, 0.3) is 6.43 Å². The molecule has 2 amide bonds. The second-order valence-corrected chi connectivity index (χ2v) is 4.46. The van der Waals surface area contributed by atoms with Crippen molar-refractivity contribution in [3.8, 4) is 0 Å². The van der Waals surface area contributed by atoms with Crippen molar-refractivity contribution in [3.63, 3.8) is 0 Å². The van der Waals surface area contributed by atoms with Crippen LogP contribution in [0, 0.1) is 5.92 Å². The molecule has 0 aromatic carbocycles. The minimum atomic E-state index is -2.55. The number of rotatable bonds is 5. The van der Waals surface area contributed by atoms with E-state index < -0.39 is 25.0 Å². The van der Waals surface area contributed by atoms with Gasteiger partial charge in [-0.2, -0.15) is 0 Å². The van der Waals surface area contributed by atoms with Crippen LogP contribution in [-0.4, -0.2) is 48.1 Å². The summed E-state index contributed by atoms with van der Waals surface area (Å²) in [6.45, 7) is 0.343. The molecule has 104 valence electrons. The third kappa shape index (κ3) is 5.29. The van der Waals surface area contributed by atoms with E-state index in [4.69, 9.17) is 5.11 Å². The highest BCUT2D eigenvalue weighted by molar-refractivity contribution is 5.74. The number of nitrogens with one attached hydrogen (secondary N) is 1. The minimum Gasteiger partial charge on any atom is -0.481 e. The summed E-state index contributed by atoms with van der Waals surface area (Å²) in [7, 11) is 0. The first-order valence-corrected chi connectivity index (χ1v) is 6.01. The van der Waals surface area contributed by atoms with Gasteiger partial charge in [-0.1, -0.05) is 0 Å². The van der Waals surface area contributed by atoms with Crippen LogP contribution in [0.1, 0.15) is 25.7 Å². The molecule has 0 aromatic heterocycles. The predicted octanol–water partition coefficient (Wildman–Crippen LogP) is 1.54. The molecule has 1 rings (SSSR count). The van der Waals surface area contributed by atoms with Gasteiger partial charge in [0.15, 0.2) is 0 Å². The first kappa shape index (κ1) is 14.7. The number of aliphatic carboxylic acids is 1. The van der Waals surface area contributed by atoms with E-state index in [0.717, 1.165) is 12.8 Å². The van der Waals surface area contributed by atoms with Gasteiger partial charge in [-0.3, -0.25) is 4.79 Å². The Labute approximate surface area is 104 Å². The Morgan fingerprint density at radius 1 is 1.44 bits per heavy atom. The van der Waals surface area contributed by atoms with Gasteiger partial charge in [0.1, 0.15) is 0 Å².